The number of benzene rings is 3. The minimum Gasteiger partial charge on any atom is -0.506 e. The SMILES string of the molecule is C[C@@H](/C=C/C(=O)Nc1ccccc1N)[C@H](OC(=O)Nc1ccc(Br)cc1)c1cc(Br)cc(Br)c1O. The number of halogens is 3. The number of carbonyl (C=O) groups excluding carboxylic acids is 2. The molecular weight excluding hydrogens is 646 g/mol. The zero-order chi connectivity index (χ0) is 25.5. The van der Waals surface area contributed by atoms with Crippen molar-refractivity contribution in [3.05, 3.63) is 91.8 Å². The molecule has 0 aliphatic carbocycles. The standard InChI is InChI=1S/C25H22Br3N3O4/c1-14(6-11-22(32)31-21-5-3-2-4-20(21)29)24(18-12-16(27)13-19(28)23(18)33)35-25(34)30-17-9-7-15(26)8-10-17/h2-14,24,33H,29H2,1H3,(H,30,34)(H,31,32)/b11-6+/t14-,24-/m0/s1. The summed E-state index contributed by atoms with van der Waals surface area (Å²) < 4.78 is 7.70. The summed E-state index contributed by atoms with van der Waals surface area (Å²) in [4.78, 5) is 25.2. The molecule has 0 saturated carbocycles. The number of phenols is 1. The van der Waals surface area contributed by atoms with Gasteiger partial charge in [0, 0.05) is 26.1 Å². The summed E-state index contributed by atoms with van der Waals surface area (Å²) in [5.74, 6) is -0.958. The van der Waals surface area contributed by atoms with E-state index in [1.807, 2.05) is 0 Å². The van der Waals surface area contributed by atoms with Gasteiger partial charge in [0.1, 0.15) is 11.9 Å². The van der Waals surface area contributed by atoms with Crippen LogP contribution in [0.3, 0.4) is 0 Å². The number of amides is 2. The highest BCUT2D eigenvalue weighted by Gasteiger charge is 2.27. The number of nitrogens with two attached hydrogens (primary N) is 1. The average Bonchev–Trinajstić information content (AvgIpc) is 2.81. The van der Waals surface area contributed by atoms with Crippen molar-refractivity contribution in [2.45, 2.75) is 13.0 Å². The molecule has 0 fully saturated rings. The molecule has 3 aromatic carbocycles. The molecule has 0 bridgehead atoms. The first-order chi connectivity index (χ1) is 16.6. The van der Waals surface area contributed by atoms with Gasteiger partial charge in [-0.3, -0.25) is 10.1 Å². The Morgan fingerprint density at radius 2 is 1.69 bits per heavy atom. The van der Waals surface area contributed by atoms with Crippen LogP contribution in [-0.4, -0.2) is 17.1 Å². The smallest absolute Gasteiger partial charge is 0.412 e. The summed E-state index contributed by atoms with van der Waals surface area (Å²) in [7, 11) is 0. The maximum Gasteiger partial charge on any atom is 0.412 e. The van der Waals surface area contributed by atoms with Crippen molar-refractivity contribution in [3.8, 4) is 5.75 Å². The topological polar surface area (TPSA) is 114 Å². The number of phenolic OH excluding ortho intramolecular Hbond substituents is 1. The Labute approximate surface area is 228 Å². The van der Waals surface area contributed by atoms with Crippen molar-refractivity contribution in [1.29, 1.82) is 0 Å². The normalized spacial score (nSPS) is 12.7. The van der Waals surface area contributed by atoms with E-state index in [1.165, 1.54) is 6.08 Å². The third-order valence-electron chi connectivity index (χ3n) is 4.94. The van der Waals surface area contributed by atoms with Crippen LogP contribution in [0.15, 0.2) is 86.2 Å². The fraction of sp³-hybridized carbons (Fsp3) is 0.120. The molecule has 2 amide bonds. The van der Waals surface area contributed by atoms with Crippen molar-refractivity contribution >= 4 is 76.9 Å². The van der Waals surface area contributed by atoms with Crippen LogP contribution in [0.25, 0.3) is 0 Å². The van der Waals surface area contributed by atoms with Crippen LogP contribution < -0.4 is 16.4 Å². The van der Waals surface area contributed by atoms with Crippen LogP contribution in [0.2, 0.25) is 0 Å². The predicted molar refractivity (Wildman–Crippen MR) is 148 cm³/mol. The Morgan fingerprint density at radius 1 is 1.00 bits per heavy atom. The van der Waals surface area contributed by atoms with Crippen molar-refractivity contribution in [2.75, 3.05) is 16.4 Å². The van der Waals surface area contributed by atoms with Gasteiger partial charge in [0.05, 0.1) is 15.8 Å². The third kappa shape index (κ3) is 7.58. The first-order valence-corrected chi connectivity index (χ1v) is 12.8. The van der Waals surface area contributed by atoms with E-state index in [9.17, 15) is 14.7 Å². The molecule has 35 heavy (non-hydrogen) atoms. The molecule has 0 saturated heterocycles. The summed E-state index contributed by atoms with van der Waals surface area (Å²) in [6.07, 6.45) is 1.31. The number of anilines is 3. The first kappa shape index (κ1) is 26.8. The van der Waals surface area contributed by atoms with E-state index in [1.54, 1.807) is 73.7 Å². The highest BCUT2D eigenvalue weighted by Crippen LogP contribution is 2.40. The van der Waals surface area contributed by atoms with Gasteiger partial charge in [0.2, 0.25) is 5.91 Å². The van der Waals surface area contributed by atoms with Crippen LogP contribution in [0.5, 0.6) is 5.75 Å². The van der Waals surface area contributed by atoms with Crippen molar-refractivity contribution in [2.24, 2.45) is 5.92 Å². The summed E-state index contributed by atoms with van der Waals surface area (Å²) in [5.41, 5.74) is 7.71. The number of hydrogen-bond acceptors (Lipinski definition) is 5. The lowest BCUT2D eigenvalue weighted by molar-refractivity contribution is -0.111. The van der Waals surface area contributed by atoms with E-state index in [0.29, 0.717) is 31.6 Å². The molecule has 0 heterocycles. The van der Waals surface area contributed by atoms with Gasteiger partial charge in [-0.2, -0.15) is 0 Å². The van der Waals surface area contributed by atoms with Crippen LogP contribution in [0, 0.1) is 5.92 Å². The molecule has 0 radical (unpaired) electrons. The largest absolute Gasteiger partial charge is 0.506 e. The van der Waals surface area contributed by atoms with Crippen molar-refractivity contribution in [3.63, 3.8) is 0 Å². The molecule has 10 heteroatoms. The Hall–Kier alpha value is -2.82. The number of nitrogen functional groups attached to an aromatic ring is 1. The van der Waals surface area contributed by atoms with Gasteiger partial charge < -0.3 is 20.9 Å². The zero-order valence-electron chi connectivity index (χ0n) is 18.5. The highest BCUT2D eigenvalue weighted by molar-refractivity contribution is 9.11. The molecule has 0 spiro atoms. The number of carbonyl (C=O) groups is 2. The van der Waals surface area contributed by atoms with Crippen LogP contribution in [-0.2, 0) is 9.53 Å². The van der Waals surface area contributed by atoms with Gasteiger partial charge in [-0.05, 0) is 70.5 Å². The van der Waals surface area contributed by atoms with E-state index < -0.39 is 24.0 Å². The van der Waals surface area contributed by atoms with Gasteiger partial charge in [-0.1, -0.05) is 57.0 Å². The predicted octanol–water partition coefficient (Wildman–Crippen LogP) is 7.38. The monoisotopic (exact) mass is 665 g/mol. The lowest BCUT2D eigenvalue weighted by atomic mass is 9.96. The maximum absolute atomic E-state index is 12.7. The van der Waals surface area contributed by atoms with Gasteiger partial charge in [0.25, 0.3) is 0 Å². The Bertz CT molecular complexity index is 1250. The molecule has 7 nitrogen and oxygen atoms in total. The second-order valence-corrected chi connectivity index (χ2v) is 10.3. The van der Waals surface area contributed by atoms with Crippen LogP contribution >= 0.6 is 47.8 Å². The Kier molecular flexibility index (Phi) is 9.36. The van der Waals surface area contributed by atoms with Crippen molar-refractivity contribution < 1.29 is 19.4 Å². The van der Waals surface area contributed by atoms with Crippen molar-refractivity contribution in [1.82, 2.24) is 0 Å². The Morgan fingerprint density at radius 3 is 2.37 bits per heavy atom. The molecule has 0 aliphatic rings. The quantitative estimate of drug-likeness (QED) is 0.155. The van der Waals surface area contributed by atoms with E-state index >= 15 is 0 Å². The molecule has 5 N–H and O–H groups in total. The number of hydrogen-bond donors (Lipinski definition) is 4. The number of ether oxygens (including phenoxy) is 1. The van der Waals surface area contributed by atoms with Gasteiger partial charge >= 0.3 is 6.09 Å². The van der Waals surface area contributed by atoms with E-state index in [-0.39, 0.29) is 5.75 Å². The maximum atomic E-state index is 12.7. The van der Waals surface area contributed by atoms with Crippen LogP contribution in [0.1, 0.15) is 18.6 Å². The van der Waals surface area contributed by atoms with E-state index in [0.717, 1.165) is 4.47 Å². The van der Waals surface area contributed by atoms with E-state index in [2.05, 4.69) is 58.4 Å². The van der Waals surface area contributed by atoms with Gasteiger partial charge in [-0.25, -0.2) is 4.79 Å². The minimum atomic E-state index is -0.912. The first-order valence-electron chi connectivity index (χ1n) is 10.4. The van der Waals surface area contributed by atoms with Crippen LogP contribution in [0.4, 0.5) is 21.9 Å². The van der Waals surface area contributed by atoms with E-state index in [4.69, 9.17) is 10.5 Å². The second kappa shape index (κ2) is 12.2. The summed E-state index contributed by atoms with van der Waals surface area (Å²) in [6, 6.07) is 17.3. The fourth-order valence-corrected chi connectivity index (χ4v) is 4.70. The van der Waals surface area contributed by atoms with Gasteiger partial charge in [-0.15, -0.1) is 0 Å². The summed E-state index contributed by atoms with van der Waals surface area (Å²) >= 11 is 10.1. The molecular formula is C25H22Br3N3O4. The molecule has 0 aliphatic heterocycles. The fourth-order valence-electron chi connectivity index (χ4n) is 3.18. The van der Waals surface area contributed by atoms with Gasteiger partial charge in [0.15, 0.2) is 0 Å². The lowest BCUT2D eigenvalue weighted by Gasteiger charge is -2.24. The number of aromatic hydroxyl groups is 1. The summed E-state index contributed by atoms with van der Waals surface area (Å²) in [5, 5.41) is 16.1. The lowest BCUT2D eigenvalue weighted by Crippen LogP contribution is -2.21. The molecule has 0 aromatic heterocycles. The second-order valence-electron chi connectivity index (χ2n) is 7.58. The Balaban J connectivity index is 1.82. The number of para-hydroxylation sites is 2. The third-order valence-corrected chi connectivity index (χ3v) is 6.53. The summed E-state index contributed by atoms with van der Waals surface area (Å²) in [6.45, 7) is 1.77. The zero-order valence-corrected chi connectivity index (χ0v) is 23.2. The average molecular weight is 668 g/mol. The molecule has 3 rings (SSSR count). The molecule has 182 valence electrons. The highest BCUT2D eigenvalue weighted by atomic mass is 79.9. The number of rotatable bonds is 7. The molecule has 0 unspecified atom stereocenters. The molecule has 2 atom stereocenters. The number of nitrogens with one attached hydrogen (secondary N) is 2. The minimum absolute atomic E-state index is 0.0728. The molecule has 3 aromatic rings.